The van der Waals surface area contributed by atoms with Gasteiger partial charge in [-0.3, -0.25) is 14.5 Å². The molecule has 3 aromatic rings. The second-order valence-electron chi connectivity index (χ2n) is 6.70. The topological polar surface area (TPSA) is 65.9 Å². The van der Waals surface area contributed by atoms with E-state index in [0.717, 1.165) is 46.1 Å². The van der Waals surface area contributed by atoms with E-state index in [1.165, 1.54) is 13.0 Å². The summed E-state index contributed by atoms with van der Waals surface area (Å²) in [6.45, 7) is 2.45. The molecule has 1 atom stereocenters. The number of aromatic nitrogens is 1. The number of hydrazone groups is 1. The zero-order valence-corrected chi connectivity index (χ0v) is 17.9. The minimum Gasteiger partial charge on any atom is -0.274 e. The Morgan fingerprint density at radius 3 is 2.42 bits per heavy atom. The standard InChI is InChI=1S/C21H15ClF2N4O2S/c1-11(29)27(18-15(23)7-5-8-16(18)24)21-26-28(12(2)30)20(31-21)14-10-13-6-3-4-9-17(13)25-19(14)22/h3-10,20H,1-2H3. The first-order valence-electron chi connectivity index (χ1n) is 9.13. The van der Waals surface area contributed by atoms with Crippen LogP contribution in [-0.4, -0.2) is 27.0 Å². The lowest BCUT2D eigenvalue weighted by molar-refractivity contribution is -0.129. The van der Waals surface area contributed by atoms with E-state index < -0.39 is 34.5 Å². The Morgan fingerprint density at radius 1 is 1.10 bits per heavy atom. The molecule has 0 saturated heterocycles. The summed E-state index contributed by atoms with van der Waals surface area (Å²) in [4.78, 5) is 29.8. The van der Waals surface area contributed by atoms with E-state index in [4.69, 9.17) is 11.6 Å². The maximum absolute atomic E-state index is 14.4. The van der Waals surface area contributed by atoms with Gasteiger partial charge in [-0.15, -0.1) is 5.10 Å². The number of nitrogens with zero attached hydrogens (tertiary/aromatic N) is 4. The number of para-hydroxylation sites is 2. The fourth-order valence-corrected chi connectivity index (χ4v) is 4.79. The molecule has 10 heteroatoms. The number of amidine groups is 1. The first-order chi connectivity index (χ1) is 14.8. The van der Waals surface area contributed by atoms with E-state index in [2.05, 4.69) is 10.1 Å². The molecule has 2 amide bonds. The minimum absolute atomic E-state index is 0.0547. The summed E-state index contributed by atoms with van der Waals surface area (Å²) in [6.07, 6.45) is 0. The molecule has 0 spiro atoms. The van der Waals surface area contributed by atoms with E-state index in [1.807, 2.05) is 18.2 Å². The van der Waals surface area contributed by atoms with Crippen LogP contribution in [0.25, 0.3) is 10.9 Å². The van der Waals surface area contributed by atoms with Gasteiger partial charge in [-0.1, -0.05) is 47.6 Å². The van der Waals surface area contributed by atoms with Gasteiger partial charge in [0.05, 0.1) is 5.52 Å². The minimum atomic E-state index is -0.929. The van der Waals surface area contributed by atoms with Crippen LogP contribution in [0.4, 0.5) is 14.5 Å². The molecule has 1 aliphatic rings. The summed E-state index contributed by atoms with van der Waals surface area (Å²) in [5.41, 5.74) is 0.596. The Hall–Kier alpha value is -3.04. The molecule has 1 unspecified atom stereocenters. The van der Waals surface area contributed by atoms with Gasteiger partial charge in [-0.25, -0.2) is 18.8 Å². The number of carbonyl (C=O) groups is 2. The Labute approximate surface area is 185 Å². The predicted molar refractivity (Wildman–Crippen MR) is 117 cm³/mol. The quantitative estimate of drug-likeness (QED) is 0.500. The van der Waals surface area contributed by atoms with Crippen molar-refractivity contribution in [1.82, 2.24) is 9.99 Å². The number of amides is 2. The molecule has 158 valence electrons. The summed E-state index contributed by atoms with van der Waals surface area (Å²) in [5, 5.41) is 5.44. The number of pyridine rings is 1. The highest BCUT2D eigenvalue weighted by Crippen LogP contribution is 2.44. The smallest absolute Gasteiger partial charge is 0.241 e. The third-order valence-electron chi connectivity index (χ3n) is 4.59. The molecule has 31 heavy (non-hydrogen) atoms. The van der Waals surface area contributed by atoms with Gasteiger partial charge < -0.3 is 0 Å². The van der Waals surface area contributed by atoms with Crippen molar-refractivity contribution in [1.29, 1.82) is 0 Å². The highest BCUT2D eigenvalue weighted by molar-refractivity contribution is 8.14. The lowest BCUT2D eigenvalue weighted by atomic mass is 10.1. The molecule has 1 aliphatic heterocycles. The first-order valence-corrected chi connectivity index (χ1v) is 10.4. The number of thioether (sulfide) groups is 1. The normalized spacial score (nSPS) is 15.8. The molecule has 0 radical (unpaired) electrons. The van der Waals surface area contributed by atoms with Gasteiger partial charge in [-0.2, -0.15) is 0 Å². The van der Waals surface area contributed by atoms with Crippen LogP contribution >= 0.6 is 23.4 Å². The van der Waals surface area contributed by atoms with Crippen LogP contribution in [0.1, 0.15) is 24.8 Å². The molecule has 0 bridgehead atoms. The molecule has 0 saturated carbocycles. The zero-order chi connectivity index (χ0) is 22.3. The van der Waals surface area contributed by atoms with Gasteiger partial charge in [-0.05, 0) is 24.3 Å². The molecule has 0 aliphatic carbocycles. The van der Waals surface area contributed by atoms with Gasteiger partial charge in [0.2, 0.25) is 11.8 Å². The maximum atomic E-state index is 14.4. The van der Waals surface area contributed by atoms with Crippen LogP contribution in [0, 0.1) is 11.6 Å². The molecule has 0 N–H and O–H groups in total. The summed E-state index contributed by atoms with van der Waals surface area (Å²) in [7, 11) is 0. The van der Waals surface area contributed by atoms with Gasteiger partial charge >= 0.3 is 0 Å². The number of fused-ring (bicyclic) bond motifs is 1. The molecule has 2 heterocycles. The average molecular weight is 461 g/mol. The third kappa shape index (κ3) is 3.86. The van der Waals surface area contributed by atoms with Crippen molar-refractivity contribution in [3.8, 4) is 0 Å². The fourth-order valence-electron chi connectivity index (χ4n) is 3.22. The highest BCUT2D eigenvalue weighted by Gasteiger charge is 2.38. The number of benzene rings is 2. The number of hydrogen-bond donors (Lipinski definition) is 0. The van der Waals surface area contributed by atoms with Crippen molar-refractivity contribution in [3.63, 3.8) is 0 Å². The van der Waals surface area contributed by atoms with Crippen molar-refractivity contribution in [2.45, 2.75) is 19.2 Å². The molecular formula is C21H15ClF2N4O2S. The monoisotopic (exact) mass is 460 g/mol. The molecule has 0 fully saturated rings. The summed E-state index contributed by atoms with van der Waals surface area (Å²) >= 11 is 7.37. The Bertz CT molecular complexity index is 1230. The fraction of sp³-hybridized carbons (Fsp3) is 0.143. The zero-order valence-electron chi connectivity index (χ0n) is 16.3. The van der Waals surface area contributed by atoms with Crippen molar-refractivity contribution >= 4 is 56.9 Å². The van der Waals surface area contributed by atoms with Gasteiger partial charge in [0.25, 0.3) is 0 Å². The van der Waals surface area contributed by atoms with Gasteiger partial charge in [0.1, 0.15) is 27.8 Å². The summed E-state index contributed by atoms with van der Waals surface area (Å²) in [6, 6.07) is 12.4. The maximum Gasteiger partial charge on any atom is 0.241 e. The molecule has 1 aromatic heterocycles. The van der Waals surface area contributed by atoms with E-state index >= 15 is 0 Å². The summed E-state index contributed by atoms with van der Waals surface area (Å²) in [5.74, 6) is -2.96. The average Bonchev–Trinajstić information content (AvgIpc) is 3.14. The Morgan fingerprint density at radius 2 is 1.77 bits per heavy atom. The van der Waals surface area contributed by atoms with E-state index in [1.54, 1.807) is 12.1 Å². The van der Waals surface area contributed by atoms with Crippen LogP contribution in [0.2, 0.25) is 5.15 Å². The number of hydrogen-bond acceptors (Lipinski definition) is 5. The van der Waals surface area contributed by atoms with Gasteiger partial charge in [0.15, 0.2) is 5.17 Å². The molecule has 2 aromatic carbocycles. The van der Waals surface area contributed by atoms with Crippen molar-refractivity contribution in [2.75, 3.05) is 4.90 Å². The Balaban J connectivity index is 1.80. The van der Waals surface area contributed by atoms with Crippen molar-refractivity contribution in [3.05, 3.63) is 70.9 Å². The van der Waals surface area contributed by atoms with Crippen LogP contribution in [0.3, 0.4) is 0 Å². The van der Waals surface area contributed by atoms with Crippen LogP contribution < -0.4 is 4.90 Å². The number of carbonyl (C=O) groups excluding carboxylic acids is 2. The van der Waals surface area contributed by atoms with Gasteiger partial charge in [0, 0.05) is 24.8 Å². The SMILES string of the molecule is CC(=O)N(C1=NN(C(C)=O)C(c2cc3ccccc3nc2Cl)S1)c1c(F)cccc1F. The van der Waals surface area contributed by atoms with Crippen LogP contribution in [0.15, 0.2) is 53.6 Å². The highest BCUT2D eigenvalue weighted by atomic mass is 35.5. The predicted octanol–water partition coefficient (Wildman–Crippen LogP) is 5.08. The van der Waals surface area contributed by atoms with E-state index in [-0.39, 0.29) is 10.3 Å². The molecular weight excluding hydrogens is 446 g/mol. The van der Waals surface area contributed by atoms with Crippen LogP contribution in [0.5, 0.6) is 0 Å². The second-order valence-corrected chi connectivity index (χ2v) is 8.11. The van der Waals surface area contributed by atoms with Crippen molar-refractivity contribution < 1.29 is 18.4 Å². The molecule has 4 rings (SSSR count). The lowest BCUT2D eigenvalue weighted by Crippen LogP contribution is -2.34. The third-order valence-corrected chi connectivity index (χ3v) is 6.05. The van der Waals surface area contributed by atoms with Crippen LogP contribution in [-0.2, 0) is 9.59 Å². The number of rotatable bonds is 2. The van der Waals surface area contributed by atoms with E-state index in [9.17, 15) is 18.4 Å². The number of anilines is 1. The number of halogens is 3. The lowest BCUT2D eigenvalue weighted by Gasteiger charge is -2.21. The van der Waals surface area contributed by atoms with Crippen molar-refractivity contribution in [2.24, 2.45) is 5.10 Å². The summed E-state index contributed by atoms with van der Waals surface area (Å²) < 4.78 is 28.8. The van der Waals surface area contributed by atoms with E-state index in [0.29, 0.717) is 11.1 Å². The molecule has 6 nitrogen and oxygen atoms in total. The second kappa shape index (κ2) is 8.24. The largest absolute Gasteiger partial charge is 0.274 e. The Kier molecular flexibility index (Phi) is 5.63. The first kappa shape index (κ1) is 21.2.